The Labute approximate surface area is 372 Å². The summed E-state index contributed by atoms with van der Waals surface area (Å²) in [6.45, 7) is 2.61. The molecule has 8 heterocycles. The first kappa shape index (κ1) is 46.3. The van der Waals surface area contributed by atoms with Crippen molar-refractivity contribution in [1.29, 1.82) is 0 Å². The molecule has 336 valence electrons. The molecule has 0 bridgehead atoms. The molecule has 6 aromatic rings. The van der Waals surface area contributed by atoms with E-state index in [1.54, 1.807) is 32.4 Å². The number of hydrogen-bond acceptors (Lipinski definition) is 26. The smallest absolute Gasteiger partial charge is 0.216 e. The molecule has 0 radical (unpaired) electrons. The van der Waals surface area contributed by atoms with Gasteiger partial charge in [0.25, 0.3) is 0 Å². The number of aromatic amines is 1. The monoisotopic (exact) mass is 947 g/mol. The molecular weight excluding hydrogens is 907 g/mol. The summed E-state index contributed by atoms with van der Waals surface area (Å²) < 4.78 is 10.9. The number of carbonyl (C=O) groups is 2. The largest absolute Gasteiger partial charge is 0.394 e. The van der Waals surface area contributed by atoms with Crippen LogP contribution in [0.3, 0.4) is 0 Å². The summed E-state index contributed by atoms with van der Waals surface area (Å²) in [5, 5.41) is 96.4. The van der Waals surface area contributed by atoms with Crippen LogP contribution < -0.4 is 10.6 Å². The van der Waals surface area contributed by atoms with Gasteiger partial charge < -0.3 is 61.0 Å². The Bertz CT molecular complexity index is 2450. The van der Waals surface area contributed by atoms with Crippen LogP contribution in [0.25, 0.3) is 21.4 Å². The van der Waals surface area contributed by atoms with Gasteiger partial charge in [0.2, 0.25) is 11.6 Å². The van der Waals surface area contributed by atoms with E-state index in [4.69, 9.17) is 9.47 Å². The van der Waals surface area contributed by atoms with E-state index in [-0.39, 0.29) is 24.7 Å². The van der Waals surface area contributed by atoms with Gasteiger partial charge in [0.05, 0.1) is 68.9 Å². The Morgan fingerprint density at radius 1 is 0.619 bits per heavy atom. The number of ketones is 2. The summed E-state index contributed by atoms with van der Waals surface area (Å²) in [6, 6.07) is 0. The van der Waals surface area contributed by atoms with Gasteiger partial charge in [-0.25, -0.2) is 19.9 Å². The molecule has 2 aliphatic heterocycles. The molecule has 2 fully saturated rings. The number of hydrogen-bond donors (Lipinski definition) is 11. The lowest BCUT2D eigenvalue weighted by atomic mass is 9.95. The maximum Gasteiger partial charge on any atom is 0.216 e. The molecule has 0 spiro atoms. The van der Waals surface area contributed by atoms with E-state index in [2.05, 4.69) is 55.9 Å². The van der Waals surface area contributed by atoms with Crippen molar-refractivity contribution >= 4 is 67.2 Å². The van der Waals surface area contributed by atoms with Gasteiger partial charge in [-0.1, -0.05) is 22.7 Å². The molecule has 10 atom stereocenters. The van der Waals surface area contributed by atoms with Gasteiger partial charge in [0.1, 0.15) is 82.4 Å². The highest BCUT2D eigenvalue weighted by molar-refractivity contribution is 7.21. The number of ether oxygens (including phenoxy) is 2. The van der Waals surface area contributed by atoms with E-state index in [9.17, 15) is 50.4 Å². The SMILES string of the molecule is Cc1nc(-c2cn[nH]n2)sc1C(=O)c1cnc(NC[C@H]2O[C@H](CO)[C@@H](O)[C@H](O)[C@@H]2O)s1.Cc1nc(-c2cnccn2)sc1C(=O)c1cnc(NC[C@H]2O[C@H](CO)[C@@H](O)[C@H](O)[C@@H]2O)s1. The number of aliphatic hydroxyl groups excluding tert-OH is 8. The van der Waals surface area contributed by atoms with Gasteiger partial charge in [-0.15, -0.1) is 22.7 Å². The molecule has 0 unspecified atom stereocenters. The number of aryl methyl sites for hydroxylation is 2. The number of nitrogens with zero attached hydrogens (tertiary/aromatic N) is 8. The van der Waals surface area contributed by atoms with Crippen molar-refractivity contribution in [3.8, 4) is 21.4 Å². The average Bonchev–Trinajstić information content (AvgIpc) is 4.16. The zero-order valence-corrected chi connectivity index (χ0v) is 36.3. The molecule has 0 aliphatic carbocycles. The maximum atomic E-state index is 13.0. The minimum Gasteiger partial charge on any atom is -0.394 e. The van der Waals surface area contributed by atoms with Crippen LogP contribution in [0.15, 0.2) is 37.2 Å². The zero-order valence-electron chi connectivity index (χ0n) is 33.0. The van der Waals surface area contributed by atoms with Crippen molar-refractivity contribution in [3.05, 3.63) is 68.1 Å². The van der Waals surface area contributed by atoms with Gasteiger partial charge in [-0.05, 0) is 13.8 Å². The number of carbonyl (C=O) groups excluding carboxylic acids is 2. The second-order valence-corrected chi connectivity index (χ2v) is 18.1. The number of rotatable bonds is 14. The van der Waals surface area contributed by atoms with E-state index in [0.29, 0.717) is 62.6 Å². The van der Waals surface area contributed by atoms with Gasteiger partial charge in [0, 0.05) is 25.5 Å². The Morgan fingerprint density at radius 2 is 1.10 bits per heavy atom. The van der Waals surface area contributed by atoms with Gasteiger partial charge >= 0.3 is 0 Å². The van der Waals surface area contributed by atoms with E-state index >= 15 is 0 Å². The highest BCUT2D eigenvalue weighted by Gasteiger charge is 2.44. The second kappa shape index (κ2) is 20.4. The summed E-state index contributed by atoms with van der Waals surface area (Å²) in [4.78, 5) is 53.0. The van der Waals surface area contributed by atoms with Crippen LogP contribution in [0.2, 0.25) is 0 Å². The fourth-order valence-electron chi connectivity index (χ4n) is 6.36. The van der Waals surface area contributed by atoms with Crippen molar-refractivity contribution in [3.63, 3.8) is 0 Å². The summed E-state index contributed by atoms with van der Waals surface area (Å²) in [5.41, 5.74) is 2.31. The van der Waals surface area contributed by atoms with Gasteiger partial charge in [-0.3, -0.25) is 19.6 Å². The summed E-state index contributed by atoms with van der Waals surface area (Å²) >= 11 is 4.70. The summed E-state index contributed by atoms with van der Waals surface area (Å²) in [5.74, 6) is -0.434. The minimum absolute atomic E-state index is 0.0541. The van der Waals surface area contributed by atoms with Gasteiger partial charge in [-0.2, -0.15) is 15.4 Å². The number of H-pyrrole nitrogens is 1. The Hall–Kier alpha value is -4.72. The van der Waals surface area contributed by atoms with Crippen LogP contribution in [0.5, 0.6) is 0 Å². The molecular formula is C36H41N11O12S4. The van der Waals surface area contributed by atoms with Crippen LogP contribution in [0, 0.1) is 13.8 Å². The lowest BCUT2D eigenvalue weighted by molar-refractivity contribution is -0.225. The first-order valence-corrected chi connectivity index (χ1v) is 22.2. The lowest BCUT2D eigenvalue weighted by Crippen LogP contribution is -2.60. The molecule has 6 aromatic heterocycles. The molecule has 2 aliphatic rings. The van der Waals surface area contributed by atoms with Crippen LogP contribution in [0.1, 0.15) is 40.5 Å². The Kier molecular flexibility index (Phi) is 15.0. The third-order valence-corrected chi connectivity index (χ3v) is 14.0. The predicted octanol–water partition coefficient (Wildman–Crippen LogP) is -0.971. The number of nitrogens with one attached hydrogen (secondary N) is 3. The molecule has 0 aromatic carbocycles. The topological polar surface area (TPSA) is 357 Å². The molecule has 23 nitrogen and oxygen atoms in total. The van der Waals surface area contributed by atoms with Crippen molar-refractivity contribution in [2.75, 3.05) is 36.9 Å². The average molecular weight is 948 g/mol. The minimum atomic E-state index is -1.45. The molecule has 2 saturated heterocycles. The zero-order chi connectivity index (χ0) is 44.9. The molecule has 11 N–H and O–H groups in total. The standard InChI is InChI=1S/C19H21N5O6S2.C17H20N6O6S2/c1-8-17(32-18(24-8)9-4-20-2-3-21-9)15(28)12-6-23-19(31-12)22-5-10-13(26)16(29)14(27)11(7-25)30-10;1-6-15(31-16(21-6)7-2-20-23-22-7)13(27)10-4-19-17(30-10)18-3-8-11(25)14(28)12(26)9(5-24)29-8/h2-4,6,10-11,13-14,16,25-27,29H,5,7H2,1H3,(H,22,23);2,4,8-9,11-12,14,24-26,28H,3,5H2,1H3,(H,18,19)(H,20,22,23)/t10-,11-,13-,14-,16-;8-,9-,11-,12-,14-/m11/s1. The van der Waals surface area contributed by atoms with E-state index in [1.165, 1.54) is 41.3 Å². The lowest BCUT2D eigenvalue weighted by Gasteiger charge is -2.40. The molecule has 8 rings (SSSR count). The number of aliphatic hydroxyl groups is 8. The quantitative estimate of drug-likeness (QED) is 0.0585. The molecule has 27 heteroatoms. The Balaban J connectivity index is 0.000000189. The first-order chi connectivity index (χ1) is 30.3. The van der Waals surface area contributed by atoms with Crippen molar-refractivity contribution in [2.24, 2.45) is 0 Å². The molecule has 63 heavy (non-hydrogen) atoms. The number of anilines is 2. The van der Waals surface area contributed by atoms with E-state index < -0.39 is 74.3 Å². The highest BCUT2D eigenvalue weighted by atomic mass is 32.1. The number of thiazole rings is 4. The van der Waals surface area contributed by atoms with Crippen molar-refractivity contribution in [2.45, 2.75) is 74.9 Å². The summed E-state index contributed by atoms with van der Waals surface area (Å²) in [7, 11) is 0. The van der Waals surface area contributed by atoms with Crippen LogP contribution in [0.4, 0.5) is 10.3 Å². The fourth-order valence-corrected chi connectivity index (χ4v) is 9.99. The van der Waals surface area contributed by atoms with Gasteiger partial charge in [0.15, 0.2) is 10.3 Å². The predicted molar refractivity (Wildman–Crippen MR) is 226 cm³/mol. The second-order valence-electron chi connectivity index (χ2n) is 14.0. The van der Waals surface area contributed by atoms with Crippen molar-refractivity contribution in [1.82, 2.24) is 45.3 Å². The fraction of sp³-hybridized carbons (Fsp3) is 0.444. The van der Waals surface area contributed by atoms with Crippen LogP contribution in [-0.4, -0.2) is 185 Å². The first-order valence-electron chi connectivity index (χ1n) is 18.9. The Morgan fingerprint density at radius 3 is 1.52 bits per heavy atom. The van der Waals surface area contributed by atoms with Crippen molar-refractivity contribution < 1.29 is 59.9 Å². The number of aromatic nitrogens is 9. The van der Waals surface area contributed by atoms with E-state index in [0.717, 1.165) is 22.7 Å². The van der Waals surface area contributed by atoms with Crippen LogP contribution in [-0.2, 0) is 9.47 Å². The third kappa shape index (κ3) is 10.3. The normalized spacial score (nSPS) is 25.9. The maximum absolute atomic E-state index is 13.0. The highest BCUT2D eigenvalue weighted by Crippen LogP contribution is 2.32. The molecule has 0 saturated carbocycles. The summed E-state index contributed by atoms with van der Waals surface area (Å²) in [6.07, 6.45) is -3.01. The third-order valence-electron chi connectivity index (χ3n) is 9.77. The molecule has 0 amide bonds. The van der Waals surface area contributed by atoms with Crippen LogP contribution >= 0.6 is 45.3 Å². The van der Waals surface area contributed by atoms with E-state index in [1.807, 2.05) is 0 Å².